The van der Waals surface area contributed by atoms with Crippen LogP contribution in [-0.4, -0.2) is 14.8 Å². The third-order valence-electron chi connectivity index (χ3n) is 3.61. The molecule has 1 aliphatic rings. The van der Waals surface area contributed by atoms with E-state index < -0.39 is 0 Å². The molecular weight excluding hydrogens is 194 g/mol. The van der Waals surface area contributed by atoms with Gasteiger partial charge in [0, 0.05) is 6.54 Å². The van der Waals surface area contributed by atoms with Crippen LogP contribution >= 0.6 is 12.2 Å². The lowest BCUT2D eigenvalue weighted by Crippen LogP contribution is -2.33. The van der Waals surface area contributed by atoms with Crippen molar-refractivity contribution in [1.82, 2.24) is 14.8 Å². The average molecular weight is 211 g/mol. The van der Waals surface area contributed by atoms with Crippen molar-refractivity contribution in [2.24, 2.45) is 5.41 Å². The Hall–Kier alpha value is -0.640. The zero-order chi connectivity index (χ0) is 10.2. The molecular formula is C10H17N3S. The number of rotatable bonds is 3. The minimum atomic E-state index is 0.507. The van der Waals surface area contributed by atoms with E-state index >= 15 is 0 Å². The van der Waals surface area contributed by atoms with Crippen molar-refractivity contribution in [3.05, 3.63) is 10.6 Å². The smallest absolute Gasteiger partial charge is 0.195 e. The molecule has 0 radical (unpaired) electrons. The molecule has 78 valence electrons. The van der Waals surface area contributed by atoms with E-state index in [0.717, 1.165) is 17.1 Å². The van der Waals surface area contributed by atoms with Crippen LogP contribution in [0.25, 0.3) is 0 Å². The molecule has 1 aromatic rings. The van der Waals surface area contributed by atoms with Gasteiger partial charge in [-0.05, 0) is 43.8 Å². The third kappa shape index (κ3) is 1.52. The van der Waals surface area contributed by atoms with Crippen LogP contribution in [0.1, 0.15) is 38.4 Å². The number of aromatic nitrogens is 3. The maximum Gasteiger partial charge on any atom is 0.195 e. The first-order chi connectivity index (χ1) is 6.67. The van der Waals surface area contributed by atoms with E-state index in [-0.39, 0.29) is 0 Å². The van der Waals surface area contributed by atoms with Crippen molar-refractivity contribution in [1.29, 1.82) is 0 Å². The van der Waals surface area contributed by atoms with Gasteiger partial charge in [-0.3, -0.25) is 5.10 Å². The van der Waals surface area contributed by atoms with E-state index in [1.54, 1.807) is 0 Å². The van der Waals surface area contributed by atoms with Crippen LogP contribution in [0.5, 0.6) is 0 Å². The van der Waals surface area contributed by atoms with Gasteiger partial charge in [0.1, 0.15) is 5.82 Å². The second-order valence-electron chi connectivity index (χ2n) is 4.37. The fraction of sp³-hybridized carbons (Fsp3) is 0.800. The summed E-state index contributed by atoms with van der Waals surface area (Å²) >= 11 is 5.21. The third-order valence-corrected chi connectivity index (χ3v) is 3.92. The van der Waals surface area contributed by atoms with Crippen molar-refractivity contribution < 1.29 is 0 Å². The van der Waals surface area contributed by atoms with Crippen LogP contribution in [0.3, 0.4) is 0 Å². The van der Waals surface area contributed by atoms with E-state index in [4.69, 9.17) is 12.2 Å². The molecule has 0 atom stereocenters. The number of aryl methyl sites for hydroxylation is 1. The van der Waals surface area contributed by atoms with Crippen LogP contribution in [0.15, 0.2) is 0 Å². The van der Waals surface area contributed by atoms with Crippen molar-refractivity contribution >= 4 is 12.2 Å². The molecule has 4 heteroatoms. The second kappa shape index (κ2) is 3.50. The highest BCUT2D eigenvalue weighted by Crippen LogP contribution is 2.45. The zero-order valence-electron chi connectivity index (χ0n) is 8.84. The Morgan fingerprint density at radius 3 is 2.64 bits per heavy atom. The highest BCUT2D eigenvalue weighted by molar-refractivity contribution is 7.71. The molecule has 1 aliphatic carbocycles. The minimum Gasteiger partial charge on any atom is -0.304 e. The molecule has 14 heavy (non-hydrogen) atoms. The van der Waals surface area contributed by atoms with Gasteiger partial charge in [-0.1, -0.05) is 13.3 Å². The van der Waals surface area contributed by atoms with Crippen LogP contribution in [-0.2, 0) is 6.54 Å². The Balaban J connectivity index is 2.21. The lowest BCUT2D eigenvalue weighted by Gasteiger charge is -2.41. The summed E-state index contributed by atoms with van der Waals surface area (Å²) in [4.78, 5) is 0. The molecule has 1 saturated carbocycles. The van der Waals surface area contributed by atoms with Crippen molar-refractivity contribution in [2.45, 2.75) is 46.1 Å². The summed E-state index contributed by atoms with van der Waals surface area (Å²) < 4.78 is 2.90. The first-order valence-corrected chi connectivity index (χ1v) is 5.69. The topological polar surface area (TPSA) is 33.6 Å². The maximum atomic E-state index is 5.21. The monoisotopic (exact) mass is 211 g/mol. The molecule has 2 rings (SSSR count). The Labute approximate surface area is 89.5 Å². The predicted molar refractivity (Wildman–Crippen MR) is 58.7 cm³/mol. The maximum absolute atomic E-state index is 5.21. The molecule has 1 aromatic heterocycles. The van der Waals surface area contributed by atoms with Crippen molar-refractivity contribution in [3.8, 4) is 0 Å². The molecule has 0 aliphatic heterocycles. The minimum absolute atomic E-state index is 0.507. The molecule has 1 heterocycles. The summed E-state index contributed by atoms with van der Waals surface area (Å²) in [6.07, 6.45) is 5.31. The summed E-state index contributed by atoms with van der Waals surface area (Å²) in [5.41, 5.74) is 0.507. The number of aromatic amines is 1. The van der Waals surface area contributed by atoms with Gasteiger partial charge in [-0.15, -0.1) is 0 Å². The van der Waals surface area contributed by atoms with Crippen molar-refractivity contribution in [3.63, 3.8) is 0 Å². The standard InChI is InChI=1S/C10H17N3S/c1-3-10(5-4-6-10)7-13-8(2)11-12-9(13)14/h3-7H2,1-2H3,(H,12,14). The van der Waals surface area contributed by atoms with Gasteiger partial charge in [0.15, 0.2) is 4.77 Å². The van der Waals surface area contributed by atoms with Gasteiger partial charge >= 0.3 is 0 Å². The second-order valence-corrected chi connectivity index (χ2v) is 4.76. The molecule has 3 nitrogen and oxygen atoms in total. The molecule has 1 fully saturated rings. The SMILES string of the molecule is CCC1(Cn2c(C)n[nH]c2=S)CCC1. The normalized spacial score (nSPS) is 19.3. The van der Waals surface area contributed by atoms with Crippen LogP contribution in [0.4, 0.5) is 0 Å². The van der Waals surface area contributed by atoms with E-state index in [2.05, 4.69) is 21.7 Å². The summed E-state index contributed by atoms with van der Waals surface area (Å²) in [7, 11) is 0. The summed E-state index contributed by atoms with van der Waals surface area (Å²) in [6, 6.07) is 0. The first kappa shape index (κ1) is 9.90. The van der Waals surface area contributed by atoms with E-state index in [0.29, 0.717) is 5.41 Å². The van der Waals surface area contributed by atoms with Crippen LogP contribution in [0, 0.1) is 17.1 Å². The molecule has 0 bridgehead atoms. The quantitative estimate of drug-likeness (QED) is 0.780. The Bertz CT molecular complexity index is 367. The average Bonchev–Trinajstić information content (AvgIpc) is 2.41. The van der Waals surface area contributed by atoms with Crippen molar-refractivity contribution in [2.75, 3.05) is 0 Å². The van der Waals surface area contributed by atoms with Gasteiger partial charge < -0.3 is 4.57 Å². The van der Waals surface area contributed by atoms with E-state index in [1.807, 2.05) is 6.92 Å². The molecule has 0 spiro atoms. The molecule has 0 unspecified atom stereocenters. The Morgan fingerprint density at radius 2 is 2.29 bits per heavy atom. The molecule has 0 aromatic carbocycles. The number of nitrogens with zero attached hydrogens (tertiary/aromatic N) is 2. The summed E-state index contributed by atoms with van der Waals surface area (Å²) in [6.45, 7) is 5.33. The highest BCUT2D eigenvalue weighted by Gasteiger charge is 2.35. The Kier molecular flexibility index (Phi) is 2.47. The van der Waals surface area contributed by atoms with E-state index in [9.17, 15) is 0 Å². The summed E-state index contributed by atoms with van der Waals surface area (Å²) in [5, 5.41) is 6.99. The number of hydrogen-bond donors (Lipinski definition) is 1. The van der Waals surface area contributed by atoms with Gasteiger partial charge in [0.25, 0.3) is 0 Å². The van der Waals surface area contributed by atoms with Gasteiger partial charge in [0.05, 0.1) is 0 Å². The molecule has 1 N–H and O–H groups in total. The number of nitrogens with one attached hydrogen (secondary N) is 1. The lowest BCUT2D eigenvalue weighted by molar-refractivity contribution is 0.0987. The largest absolute Gasteiger partial charge is 0.304 e. The fourth-order valence-electron chi connectivity index (χ4n) is 2.22. The zero-order valence-corrected chi connectivity index (χ0v) is 9.65. The lowest BCUT2D eigenvalue weighted by atomic mass is 9.67. The number of H-pyrrole nitrogens is 1. The van der Waals surface area contributed by atoms with E-state index in [1.165, 1.54) is 25.7 Å². The predicted octanol–water partition coefficient (Wildman–Crippen LogP) is 2.83. The molecule has 0 saturated heterocycles. The molecule has 0 amide bonds. The number of hydrogen-bond acceptors (Lipinski definition) is 2. The first-order valence-electron chi connectivity index (χ1n) is 5.29. The van der Waals surface area contributed by atoms with Crippen LogP contribution < -0.4 is 0 Å². The van der Waals surface area contributed by atoms with Gasteiger partial charge in [-0.25, -0.2) is 0 Å². The van der Waals surface area contributed by atoms with Gasteiger partial charge in [-0.2, -0.15) is 5.10 Å². The summed E-state index contributed by atoms with van der Waals surface area (Å²) in [5.74, 6) is 1.01. The fourth-order valence-corrected chi connectivity index (χ4v) is 2.46. The Morgan fingerprint density at radius 1 is 1.57 bits per heavy atom. The highest BCUT2D eigenvalue weighted by atomic mass is 32.1. The van der Waals surface area contributed by atoms with Crippen LogP contribution in [0.2, 0.25) is 0 Å². The van der Waals surface area contributed by atoms with Gasteiger partial charge in [0.2, 0.25) is 0 Å².